The molecule has 1 fully saturated rings. The predicted octanol–water partition coefficient (Wildman–Crippen LogP) is -0.232. The van der Waals surface area contributed by atoms with Crippen LogP contribution in [0.4, 0.5) is 0 Å². The van der Waals surface area contributed by atoms with Crippen LogP contribution in [0.3, 0.4) is 0 Å². The third-order valence-corrected chi connectivity index (χ3v) is 4.21. The average Bonchev–Trinajstić information content (AvgIpc) is 2.31. The smallest absolute Gasteiger partial charge is 0.222 e. The summed E-state index contributed by atoms with van der Waals surface area (Å²) in [6.45, 7) is 2.81. The first-order chi connectivity index (χ1) is 8.15. The van der Waals surface area contributed by atoms with Gasteiger partial charge in [0.2, 0.25) is 5.91 Å². The van der Waals surface area contributed by atoms with Gasteiger partial charge in [0.05, 0.1) is 12.5 Å². The van der Waals surface area contributed by atoms with Crippen molar-refractivity contribution in [2.24, 2.45) is 5.73 Å². The van der Waals surface area contributed by atoms with Crippen LogP contribution in [-0.4, -0.2) is 46.9 Å². The fourth-order valence-corrected chi connectivity index (χ4v) is 3.18. The molecule has 0 aromatic heterocycles. The Balaban J connectivity index is 2.26. The topological polar surface area (TPSA) is 81.4 Å². The molecule has 17 heavy (non-hydrogen) atoms. The third kappa shape index (κ3) is 5.61. The van der Waals surface area contributed by atoms with E-state index in [2.05, 4.69) is 5.32 Å². The molecule has 0 spiro atoms. The number of ether oxygens (including phenoxy) is 1. The number of amides is 1. The maximum absolute atomic E-state index is 11.7. The molecule has 0 bridgehead atoms. The van der Waals surface area contributed by atoms with E-state index in [1.165, 1.54) is 0 Å². The molecular weight excluding hydrogens is 240 g/mol. The van der Waals surface area contributed by atoms with Crippen LogP contribution in [0.2, 0.25) is 0 Å². The van der Waals surface area contributed by atoms with E-state index < -0.39 is 10.8 Å². The van der Waals surface area contributed by atoms with Gasteiger partial charge in [-0.1, -0.05) is 0 Å². The monoisotopic (exact) mass is 262 g/mol. The minimum absolute atomic E-state index is 0.0217. The molecule has 0 aromatic carbocycles. The molecule has 1 saturated heterocycles. The molecule has 0 aromatic rings. The first-order valence-corrected chi connectivity index (χ1v) is 7.60. The highest BCUT2D eigenvalue weighted by molar-refractivity contribution is 7.85. The predicted molar refractivity (Wildman–Crippen MR) is 68.1 cm³/mol. The molecule has 1 heterocycles. The zero-order valence-electron chi connectivity index (χ0n) is 10.3. The SMILES string of the molecule is CCOC(CN)CC(=O)NC1CCS(=O)CC1. The number of nitrogens with one attached hydrogen (secondary N) is 1. The molecule has 0 aliphatic carbocycles. The van der Waals surface area contributed by atoms with Gasteiger partial charge >= 0.3 is 0 Å². The van der Waals surface area contributed by atoms with Crippen molar-refractivity contribution < 1.29 is 13.7 Å². The standard InChI is InChI=1S/C11H22N2O3S/c1-2-16-10(8-12)7-11(14)13-9-3-5-17(15)6-4-9/h9-10H,2-8,12H2,1H3,(H,13,14). The van der Waals surface area contributed by atoms with E-state index in [0.717, 1.165) is 12.8 Å². The normalized spacial score (nSPS) is 26.5. The summed E-state index contributed by atoms with van der Waals surface area (Å²) in [6, 6.07) is 0.167. The minimum atomic E-state index is -0.687. The zero-order chi connectivity index (χ0) is 12.7. The molecule has 0 saturated carbocycles. The quantitative estimate of drug-likeness (QED) is 0.692. The Hall–Kier alpha value is -0.460. The first-order valence-electron chi connectivity index (χ1n) is 6.11. The summed E-state index contributed by atoms with van der Waals surface area (Å²) in [5, 5.41) is 2.95. The van der Waals surface area contributed by atoms with Crippen molar-refractivity contribution in [2.45, 2.75) is 38.3 Å². The fourth-order valence-electron chi connectivity index (χ4n) is 1.88. The summed E-state index contributed by atoms with van der Waals surface area (Å²) in [6.07, 6.45) is 1.72. The average molecular weight is 262 g/mol. The largest absolute Gasteiger partial charge is 0.377 e. The molecule has 1 unspecified atom stereocenters. The van der Waals surface area contributed by atoms with E-state index in [0.29, 0.717) is 31.1 Å². The maximum Gasteiger partial charge on any atom is 0.222 e. The van der Waals surface area contributed by atoms with Gasteiger partial charge < -0.3 is 15.8 Å². The van der Waals surface area contributed by atoms with Crippen molar-refractivity contribution in [1.29, 1.82) is 0 Å². The molecule has 1 amide bonds. The Morgan fingerprint density at radius 2 is 2.18 bits per heavy atom. The highest BCUT2D eigenvalue weighted by Crippen LogP contribution is 2.09. The number of rotatable bonds is 6. The van der Waals surface area contributed by atoms with E-state index in [1.807, 2.05) is 6.92 Å². The van der Waals surface area contributed by atoms with Crippen LogP contribution in [0, 0.1) is 0 Å². The van der Waals surface area contributed by atoms with Gasteiger partial charge in [-0.3, -0.25) is 9.00 Å². The van der Waals surface area contributed by atoms with Crippen molar-refractivity contribution in [3.05, 3.63) is 0 Å². The van der Waals surface area contributed by atoms with Crippen molar-refractivity contribution in [1.82, 2.24) is 5.32 Å². The van der Waals surface area contributed by atoms with E-state index >= 15 is 0 Å². The van der Waals surface area contributed by atoms with E-state index in [9.17, 15) is 9.00 Å². The molecule has 6 heteroatoms. The van der Waals surface area contributed by atoms with Crippen LogP contribution in [0.5, 0.6) is 0 Å². The second-order valence-electron chi connectivity index (χ2n) is 4.21. The summed E-state index contributed by atoms with van der Waals surface area (Å²) >= 11 is 0. The Morgan fingerprint density at radius 3 is 2.71 bits per heavy atom. The number of hydrogen-bond donors (Lipinski definition) is 2. The van der Waals surface area contributed by atoms with Gasteiger partial charge in [-0.05, 0) is 19.8 Å². The van der Waals surface area contributed by atoms with Crippen molar-refractivity contribution in [3.8, 4) is 0 Å². The number of carbonyl (C=O) groups is 1. The Kier molecular flexibility index (Phi) is 6.69. The number of hydrogen-bond acceptors (Lipinski definition) is 4. The fraction of sp³-hybridized carbons (Fsp3) is 0.909. The summed E-state index contributed by atoms with van der Waals surface area (Å²) in [4.78, 5) is 11.7. The molecule has 1 rings (SSSR count). The lowest BCUT2D eigenvalue weighted by Gasteiger charge is -2.23. The van der Waals surface area contributed by atoms with Gasteiger partial charge in [0.1, 0.15) is 0 Å². The lowest BCUT2D eigenvalue weighted by atomic mass is 10.1. The van der Waals surface area contributed by atoms with Crippen LogP contribution in [0.15, 0.2) is 0 Å². The van der Waals surface area contributed by atoms with Crippen LogP contribution in [0.25, 0.3) is 0 Å². The van der Waals surface area contributed by atoms with Gasteiger partial charge in [-0.2, -0.15) is 0 Å². The van der Waals surface area contributed by atoms with Gasteiger partial charge in [0.15, 0.2) is 0 Å². The van der Waals surface area contributed by atoms with Crippen LogP contribution < -0.4 is 11.1 Å². The van der Waals surface area contributed by atoms with Gasteiger partial charge in [-0.25, -0.2) is 0 Å². The lowest BCUT2D eigenvalue weighted by molar-refractivity contribution is -0.124. The second-order valence-corrected chi connectivity index (χ2v) is 5.90. The molecule has 3 N–H and O–H groups in total. The second kappa shape index (κ2) is 7.79. The molecule has 5 nitrogen and oxygen atoms in total. The summed E-state index contributed by atoms with van der Waals surface area (Å²) in [7, 11) is -0.687. The third-order valence-electron chi connectivity index (χ3n) is 2.83. The van der Waals surface area contributed by atoms with E-state index in [1.54, 1.807) is 0 Å². The lowest BCUT2D eigenvalue weighted by Crippen LogP contribution is -2.41. The van der Waals surface area contributed by atoms with Crippen LogP contribution in [-0.2, 0) is 20.3 Å². The Labute approximate surface area is 105 Å². The highest BCUT2D eigenvalue weighted by atomic mass is 32.2. The van der Waals surface area contributed by atoms with E-state index in [-0.39, 0.29) is 18.1 Å². The van der Waals surface area contributed by atoms with E-state index in [4.69, 9.17) is 10.5 Å². The zero-order valence-corrected chi connectivity index (χ0v) is 11.1. The molecule has 1 aliphatic heterocycles. The number of carbonyl (C=O) groups excluding carboxylic acids is 1. The summed E-state index contributed by atoms with van der Waals surface area (Å²) in [5.74, 6) is 1.36. The molecule has 100 valence electrons. The van der Waals surface area contributed by atoms with Crippen molar-refractivity contribution >= 4 is 16.7 Å². The van der Waals surface area contributed by atoms with Crippen LogP contribution in [0.1, 0.15) is 26.2 Å². The van der Waals surface area contributed by atoms with Crippen LogP contribution >= 0.6 is 0 Å². The summed E-state index contributed by atoms with van der Waals surface area (Å²) < 4.78 is 16.5. The van der Waals surface area contributed by atoms with Gasteiger partial charge in [0, 0.05) is 41.5 Å². The molecule has 1 atom stereocenters. The molecular formula is C11H22N2O3S. The van der Waals surface area contributed by atoms with Gasteiger partial charge in [0.25, 0.3) is 0 Å². The Morgan fingerprint density at radius 1 is 1.53 bits per heavy atom. The minimum Gasteiger partial charge on any atom is -0.377 e. The summed E-state index contributed by atoms with van der Waals surface area (Å²) in [5.41, 5.74) is 5.51. The molecule has 1 aliphatic rings. The van der Waals surface area contributed by atoms with Crippen molar-refractivity contribution in [2.75, 3.05) is 24.7 Å². The Bertz CT molecular complexity index is 263. The number of nitrogens with two attached hydrogens (primary N) is 1. The first kappa shape index (κ1) is 14.6. The molecule has 0 radical (unpaired) electrons. The van der Waals surface area contributed by atoms with Gasteiger partial charge in [-0.15, -0.1) is 0 Å². The maximum atomic E-state index is 11.7. The van der Waals surface area contributed by atoms with Crippen molar-refractivity contribution in [3.63, 3.8) is 0 Å². The highest BCUT2D eigenvalue weighted by Gasteiger charge is 2.20.